The SMILES string of the molecule is CC1(C)NC(=O)[C@H](C[C@H](NC(=O)OCc2ccccc2)C(N)=O)O1. The summed E-state index contributed by atoms with van der Waals surface area (Å²) in [5.41, 5.74) is 5.27. The van der Waals surface area contributed by atoms with E-state index in [0.717, 1.165) is 5.56 Å². The molecule has 3 amide bonds. The molecule has 1 saturated heterocycles. The fourth-order valence-corrected chi connectivity index (χ4v) is 2.34. The van der Waals surface area contributed by atoms with Gasteiger partial charge in [0, 0.05) is 6.42 Å². The Labute approximate surface area is 139 Å². The number of carbonyl (C=O) groups excluding carboxylic acids is 3. The van der Waals surface area contributed by atoms with Gasteiger partial charge < -0.3 is 25.8 Å². The molecule has 1 aromatic rings. The van der Waals surface area contributed by atoms with Crippen molar-refractivity contribution in [3.05, 3.63) is 35.9 Å². The van der Waals surface area contributed by atoms with Crippen LogP contribution in [-0.2, 0) is 25.7 Å². The van der Waals surface area contributed by atoms with Gasteiger partial charge in [-0.2, -0.15) is 0 Å². The summed E-state index contributed by atoms with van der Waals surface area (Å²) in [5.74, 6) is -1.13. The predicted octanol–water partition coefficient (Wildman–Crippen LogP) is 0.408. The Bertz CT molecular complexity index is 617. The van der Waals surface area contributed by atoms with Crippen LogP contribution in [0, 0.1) is 0 Å². The molecule has 130 valence electrons. The van der Waals surface area contributed by atoms with Gasteiger partial charge in [-0.1, -0.05) is 30.3 Å². The van der Waals surface area contributed by atoms with E-state index >= 15 is 0 Å². The Hall–Kier alpha value is -2.61. The molecule has 1 aliphatic rings. The zero-order valence-electron chi connectivity index (χ0n) is 13.6. The van der Waals surface area contributed by atoms with Crippen molar-refractivity contribution in [2.24, 2.45) is 5.73 Å². The number of alkyl carbamates (subject to hydrolysis) is 1. The number of primary amides is 1. The number of nitrogens with one attached hydrogen (secondary N) is 2. The molecule has 0 spiro atoms. The van der Waals surface area contributed by atoms with Gasteiger partial charge in [-0.3, -0.25) is 9.59 Å². The van der Waals surface area contributed by atoms with Gasteiger partial charge in [0.15, 0.2) is 0 Å². The first-order valence-electron chi connectivity index (χ1n) is 7.53. The third-order valence-electron chi connectivity index (χ3n) is 3.45. The third-order valence-corrected chi connectivity index (χ3v) is 3.45. The molecule has 1 aromatic carbocycles. The summed E-state index contributed by atoms with van der Waals surface area (Å²) in [5, 5.41) is 5.00. The number of carbonyl (C=O) groups is 3. The molecule has 0 unspecified atom stereocenters. The van der Waals surface area contributed by atoms with E-state index in [1.165, 1.54) is 0 Å². The van der Waals surface area contributed by atoms with Crippen LogP contribution in [0.15, 0.2) is 30.3 Å². The van der Waals surface area contributed by atoms with Crippen LogP contribution in [0.4, 0.5) is 4.79 Å². The lowest BCUT2D eigenvalue weighted by atomic mass is 10.1. The lowest BCUT2D eigenvalue weighted by Gasteiger charge is -2.20. The van der Waals surface area contributed by atoms with Gasteiger partial charge >= 0.3 is 6.09 Å². The van der Waals surface area contributed by atoms with E-state index in [2.05, 4.69) is 10.6 Å². The van der Waals surface area contributed by atoms with Crippen molar-refractivity contribution in [1.29, 1.82) is 0 Å². The molecule has 1 aliphatic heterocycles. The number of amides is 3. The zero-order valence-corrected chi connectivity index (χ0v) is 13.6. The van der Waals surface area contributed by atoms with Gasteiger partial charge in [0.05, 0.1) is 0 Å². The summed E-state index contributed by atoms with van der Waals surface area (Å²) in [6.45, 7) is 3.43. The van der Waals surface area contributed by atoms with Crippen molar-refractivity contribution in [2.45, 2.75) is 44.7 Å². The molecule has 0 bridgehead atoms. The topological polar surface area (TPSA) is 120 Å². The maximum atomic E-state index is 11.8. The second-order valence-corrected chi connectivity index (χ2v) is 6.00. The van der Waals surface area contributed by atoms with E-state index in [1.807, 2.05) is 18.2 Å². The minimum absolute atomic E-state index is 0.0611. The number of benzene rings is 1. The van der Waals surface area contributed by atoms with Gasteiger partial charge in [0.25, 0.3) is 5.91 Å². The highest BCUT2D eigenvalue weighted by molar-refractivity contribution is 5.87. The average Bonchev–Trinajstić information content (AvgIpc) is 2.77. The normalized spacial score (nSPS) is 20.1. The molecule has 0 aromatic heterocycles. The molecule has 0 saturated carbocycles. The van der Waals surface area contributed by atoms with Crippen molar-refractivity contribution < 1.29 is 23.9 Å². The van der Waals surface area contributed by atoms with Gasteiger partial charge in [0.1, 0.15) is 24.5 Å². The molecule has 8 heteroatoms. The second kappa shape index (κ2) is 7.31. The van der Waals surface area contributed by atoms with Crippen LogP contribution in [0.3, 0.4) is 0 Å². The highest BCUT2D eigenvalue weighted by Crippen LogP contribution is 2.20. The van der Waals surface area contributed by atoms with Crippen molar-refractivity contribution in [1.82, 2.24) is 10.6 Å². The number of ether oxygens (including phenoxy) is 2. The maximum Gasteiger partial charge on any atom is 0.408 e. The average molecular weight is 335 g/mol. The lowest BCUT2D eigenvalue weighted by Crippen LogP contribution is -2.47. The fourth-order valence-electron chi connectivity index (χ4n) is 2.34. The van der Waals surface area contributed by atoms with Crippen molar-refractivity contribution in [3.63, 3.8) is 0 Å². The summed E-state index contributed by atoms with van der Waals surface area (Å²) in [7, 11) is 0. The Kier molecular flexibility index (Phi) is 5.40. The van der Waals surface area contributed by atoms with E-state index in [4.69, 9.17) is 15.2 Å². The molecule has 2 atom stereocenters. The molecular weight excluding hydrogens is 314 g/mol. The monoisotopic (exact) mass is 335 g/mol. The Balaban J connectivity index is 1.88. The highest BCUT2D eigenvalue weighted by atomic mass is 16.6. The van der Waals surface area contributed by atoms with Crippen LogP contribution in [0.5, 0.6) is 0 Å². The Morgan fingerprint density at radius 3 is 2.58 bits per heavy atom. The zero-order chi connectivity index (χ0) is 17.7. The molecule has 1 heterocycles. The van der Waals surface area contributed by atoms with Gasteiger partial charge in [-0.05, 0) is 19.4 Å². The standard InChI is InChI=1S/C16H21N3O5/c1-16(2)19-14(21)12(24-16)8-11(13(17)20)18-15(22)23-9-10-6-4-3-5-7-10/h3-7,11-12H,8-9H2,1-2H3,(H2,17,20)(H,18,22)(H,19,21)/t11-,12-/m0/s1. The van der Waals surface area contributed by atoms with E-state index in [-0.39, 0.29) is 18.9 Å². The number of hydrogen-bond donors (Lipinski definition) is 3. The van der Waals surface area contributed by atoms with E-state index < -0.39 is 29.9 Å². The largest absolute Gasteiger partial charge is 0.445 e. The minimum atomic E-state index is -1.07. The van der Waals surface area contributed by atoms with Crippen LogP contribution in [0.1, 0.15) is 25.8 Å². The van der Waals surface area contributed by atoms with Crippen LogP contribution in [0.25, 0.3) is 0 Å². The van der Waals surface area contributed by atoms with E-state index in [9.17, 15) is 14.4 Å². The van der Waals surface area contributed by atoms with Crippen LogP contribution in [-0.4, -0.2) is 35.8 Å². The smallest absolute Gasteiger partial charge is 0.408 e. The number of rotatable bonds is 6. The van der Waals surface area contributed by atoms with Crippen molar-refractivity contribution in [3.8, 4) is 0 Å². The third kappa shape index (κ3) is 4.95. The molecule has 0 radical (unpaired) electrons. The molecular formula is C16H21N3O5. The summed E-state index contributed by atoms with van der Waals surface area (Å²) in [4.78, 5) is 35.2. The summed E-state index contributed by atoms with van der Waals surface area (Å²) in [6.07, 6.45) is -1.72. The molecule has 0 aliphatic carbocycles. The minimum Gasteiger partial charge on any atom is -0.445 e. The molecule has 24 heavy (non-hydrogen) atoms. The Morgan fingerprint density at radius 2 is 2.04 bits per heavy atom. The molecule has 4 N–H and O–H groups in total. The Morgan fingerprint density at radius 1 is 1.38 bits per heavy atom. The van der Waals surface area contributed by atoms with Crippen LogP contribution >= 0.6 is 0 Å². The number of hydrogen-bond acceptors (Lipinski definition) is 5. The molecule has 2 rings (SSSR count). The highest BCUT2D eigenvalue weighted by Gasteiger charge is 2.40. The molecule has 8 nitrogen and oxygen atoms in total. The number of nitrogens with two attached hydrogens (primary N) is 1. The van der Waals surface area contributed by atoms with Gasteiger partial charge in [-0.25, -0.2) is 4.79 Å². The summed E-state index contributed by atoms with van der Waals surface area (Å²) < 4.78 is 10.5. The van der Waals surface area contributed by atoms with Crippen LogP contribution < -0.4 is 16.4 Å². The first kappa shape index (κ1) is 17.7. The van der Waals surface area contributed by atoms with Crippen molar-refractivity contribution >= 4 is 17.9 Å². The second-order valence-electron chi connectivity index (χ2n) is 6.00. The van der Waals surface area contributed by atoms with Crippen molar-refractivity contribution in [2.75, 3.05) is 0 Å². The summed E-state index contributed by atoms with van der Waals surface area (Å²) in [6, 6.07) is 8.02. The fraction of sp³-hybridized carbons (Fsp3) is 0.438. The van der Waals surface area contributed by atoms with E-state index in [0.29, 0.717) is 0 Å². The summed E-state index contributed by atoms with van der Waals surface area (Å²) >= 11 is 0. The first-order chi connectivity index (χ1) is 11.3. The van der Waals surface area contributed by atoms with Gasteiger partial charge in [-0.15, -0.1) is 0 Å². The van der Waals surface area contributed by atoms with E-state index in [1.54, 1.807) is 26.0 Å². The lowest BCUT2D eigenvalue weighted by molar-refractivity contribution is -0.126. The predicted molar refractivity (Wildman–Crippen MR) is 84.5 cm³/mol. The quantitative estimate of drug-likeness (QED) is 0.695. The maximum absolute atomic E-state index is 11.8. The van der Waals surface area contributed by atoms with Crippen LogP contribution in [0.2, 0.25) is 0 Å². The van der Waals surface area contributed by atoms with Gasteiger partial charge in [0.2, 0.25) is 5.91 Å². The first-order valence-corrected chi connectivity index (χ1v) is 7.53. The molecule has 1 fully saturated rings.